The van der Waals surface area contributed by atoms with Gasteiger partial charge in [-0.25, -0.2) is 8.42 Å². The van der Waals surface area contributed by atoms with Crippen molar-refractivity contribution < 1.29 is 8.42 Å². The molecule has 2 N–H and O–H groups in total. The highest BCUT2D eigenvalue weighted by Crippen LogP contribution is 2.25. The summed E-state index contributed by atoms with van der Waals surface area (Å²) in [6.45, 7) is 4.82. The third-order valence-electron chi connectivity index (χ3n) is 3.17. The molecule has 0 saturated carbocycles. The van der Waals surface area contributed by atoms with Crippen molar-refractivity contribution >= 4 is 15.7 Å². The number of hydrogen-bond donors (Lipinski definition) is 2. The highest BCUT2D eigenvalue weighted by atomic mass is 32.2. The van der Waals surface area contributed by atoms with Crippen molar-refractivity contribution in [2.24, 2.45) is 7.05 Å². The van der Waals surface area contributed by atoms with Crippen LogP contribution in [-0.2, 0) is 17.1 Å². The number of nitrogens with one attached hydrogen (secondary N) is 2. The van der Waals surface area contributed by atoms with Crippen molar-refractivity contribution in [1.29, 1.82) is 0 Å². The summed E-state index contributed by atoms with van der Waals surface area (Å²) in [4.78, 5) is 0.149. The summed E-state index contributed by atoms with van der Waals surface area (Å²) in [6, 6.07) is 7.43. The van der Waals surface area contributed by atoms with Gasteiger partial charge in [0.2, 0.25) is 0 Å². The van der Waals surface area contributed by atoms with E-state index in [1.165, 1.54) is 17.1 Å². The van der Waals surface area contributed by atoms with Crippen LogP contribution in [0.5, 0.6) is 0 Å². The molecule has 0 aliphatic heterocycles. The second kappa shape index (κ2) is 6.28. The first-order valence-electron chi connectivity index (χ1n) is 6.78. The molecule has 0 aliphatic rings. The summed E-state index contributed by atoms with van der Waals surface area (Å²) >= 11 is 0. The smallest absolute Gasteiger partial charge is 0.265 e. The molecule has 2 rings (SSSR count). The molecule has 114 valence electrons. The van der Waals surface area contributed by atoms with E-state index in [0.29, 0.717) is 5.69 Å². The fourth-order valence-corrected chi connectivity index (χ4v) is 3.20. The van der Waals surface area contributed by atoms with Gasteiger partial charge in [0.15, 0.2) is 0 Å². The van der Waals surface area contributed by atoms with Crippen LogP contribution in [-0.4, -0.2) is 24.7 Å². The first-order valence-corrected chi connectivity index (χ1v) is 8.26. The number of para-hydroxylation sites is 1. The van der Waals surface area contributed by atoms with Crippen LogP contribution in [0.1, 0.15) is 25.5 Å². The fourth-order valence-electron chi connectivity index (χ4n) is 2.12. The standard InChI is InChI=1S/C14H20N4O2S/c1-4-15-11(2)13-7-5-6-8-14(13)17-21(19,20)12-9-16-18(3)10-12/h5-11,15,17H,4H2,1-3H3. The summed E-state index contributed by atoms with van der Waals surface area (Å²) in [5.74, 6) is 0. The van der Waals surface area contributed by atoms with Crippen molar-refractivity contribution in [3.8, 4) is 0 Å². The van der Waals surface area contributed by atoms with Crippen LogP contribution < -0.4 is 10.0 Å². The van der Waals surface area contributed by atoms with E-state index in [1.54, 1.807) is 13.1 Å². The molecule has 0 saturated heterocycles. The monoisotopic (exact) mass is 308 g/mol. The van der Waals surface area contributed by atoms with E-state index in [-0.39, 0.29) is 10.9 Å². The summed E-state index contributed by atoms with van der Waals surface area (Å²) < 4.78 is 28.8. The molecule has 0 radical (unpaired) electrons. The molecule has 7 heteroatoms. The zero-order chi connectivity index (χ0) is 15.5. The Bertz CT molecular complexity index is 709. The topological polar surface area (TPSA) is 76.0 Å². The van der Waals surface area contributed by atoms with Crippen LogP contribution >= 0.6 is 0 Å². The molecule has 21 heavy (non-hydrogen) atoms. The Hall–Kier alpha value is -1.86. The van der Waals surface area contributed by atoms with Crippen molar-refractivity contribution in [3.05, 3.63) is 42.2 Å². The molecule has 0 spiro atoms. The van der Waals surface area contributed by atoms with Gasteiger partial charge in [0, 0.05) is 19.3 Å². The van der Waals surface area contributed by atoms with E-state index < -0.39 is 10.0 Å². The molecule has 1 unspecified atom stereocenters. The lowest BCUT2D eigenvalue weighted by molar-refractivity contribution is 0.596. The number of anilines is 1. The van der Waals surface area contributed by atoms with Gasteiger partial charge in [-0.1, -0.05) is 25.1 Å². The number of aryl methyl sites for hydroxylation is 1. The predicted molar refractivity (Wildman–Crippen MR) is 82.6 cm³/mol. The third kappa shape index (κ3) is 3.62. The van der Waals surface area contributed by atoms with Gasteiger partial charge in [-0.2, -0.15) is 5.10 Å². The largest absolute Gasteiger partial charge is 0.310 e. The highest BCUT2D eigenvalue weighted by molar-refractivity contribution is 7.92. The van der Waals surface area contributed by atoms with Gasteiger partial charge >= 0.3 is 0 Å². The lowest BCUT2D eigenvalue weighted by Crippen LogP contribution is -2.20. The molecular weight excluding hydrogens is 288 g/mol. The maximum Gasteiger partial charge on any atom is 0.265 e. The molecule has 0 amide bonds. The summed E-state index contributed by atoms with van der Waals surface area (Å²) in [7, 11) is -1.94. The molecule has 1 atom stereocenters. The van der Waals surface area contributed by atoms with Crippen LogP contribution in [0, 0.1) is 0 Å². The average molecular weight is 308 g/mol. The van der Waals surface area contributed by atoms with Gasteiger partial charge in [-0.05, 0) is 25.1 Å². The van der Waals surface area contributed by atoms with E-state index in [1.807, 2.05) is 32.0 Å². The van der Waals surface area contributed by atoms with Crippen molar-refractivity contribution in [2.75, 3.05) is 11.3 Å². The Morgan fingerprint density at radius 2 is 2.05 bits per heavy atom. The van der Waals surface area contributed by atoms with E-state index in [4.69, 9.17) is 0 Å². The van der Waals surface area contributed by atoms with Gasteiger partial charge in [-0.3, -0.25) is 9.40 Å². The van der Waals surface area contributed by atoms with Crippen molar-refractivity contribution in [1.82, 2.24) is 15.1 Å². The van der Waals surface area contributed by atoms with E-state index in [9.17, 15) is 8.42 Å². The normalized spacial score (nSPS) is 13.1. The number of rotatable bonds is 6. The number of aromatic nitrogens is 2. The highest BCUT2D eigenvalue weighted by Gasteiger charge is 2.19. The van der Waals surface area contributed by atoms with E-state index in [0.717, 1.165) is 12.1 Å². The molecule has 0 bridgehead atoms. The SMILES string of the molecule is CCNC(C)c1ccccc1NS(=O)(=O)c1cnn(C)c1. The van der Waals surface area contributed by atoms with Gasteiger partial charge in [0.1, 0.15) is 4.90 Å². The molecule has 0 aliphatic carbocycles. The van der Waals surface area contributed by atoms with Gasteiger partial charge in [0.25, 0.3) is 10.0 Å². The molecule has 6 nitrogen and oxygen atoms in total. The van der Waals surface area contributed by atoms with Gasteiger partial charge in [-0.15, -0.1) is 0 Å². The first kappa shape index (κ1) is 15.5. The van der Waals surface area contributed by atoms with Gasteiger partial charge < -0.3 is 5.32 Å². The van der Waals surface area contributed by atoms with Crippen LogP contribution in [0.4, 0.5) is 5.69 Å². The van der Waals surface area contributed by atoms with E-state index in [2.05, 4.69) is 15.1 Å². The lowest BCUT2D eigenvalue weighted by atomic mass is 10.1. The zero-order valence-corrected chi connectivity index (χ0v) is 13.2. The summed E-state index contributed by atoms with van der Waals surface area (Å²) in [6.07, 6.45) is 2.80. The number of sulfonamides is 1. The zero-order valence-electron chi connectivity index (χ0n) is 12.4. The molecule has 1 aromatic carbocycles. The number of nitrogens with zero attached hydrogens (tertiary/aromatic N) is 2. The van der Waals surface area contributed by atoms with Crippen LogP contribution in [0.25, 0.3) is 0 Å². The fraction of sp³-hybridized carbons (Fsp3) is 0.357. The molecule has 1 aromatic heterocycles. The van der Waals surface area contributed by atoms with Crippen LogP contribution in [0.3, 0.4) is 0 Å². The Kier molecular flexibility index (Phi) is 4.64. The Morgan fingerprint density at radius 3 is 2.67 bits per heavy atom. The average Bonchev–Trinajstić information content (AvgIpc) is 2.87. The van der Waals surface area contributed by atoms with Crippen molar-refractivity contribution in [2.45, 2.75) is 24.8 Å². The third-order valence-corrected chi connectivity index (χ3v) is 4.49. The Labute approximate surface area is 125 Å². The van der Waals surface area contributed by atoms with Gasteiger partial charge in [0.05, 0.1) is 11.9 Å². The molecule has 1 heterocycles. The summed E-state index contributed by atoms with van der Waals surface area (Å²) in [5, 5.41) is 7.18. The van der Waals surface area contributed by atoms with Crippen LogP contribution in [0.15, 0.2) is 41.6 Å². The minimum absolute atomic E-state index is 0.0581. The quantitative estimate of drug-likeness (QED) is 0.854. The Balaban J connectivity index is 2.31. The maximum absolute atomic E-state index is 12.4. The first-order chi connectivity index (χ1) is 9.94. The minimum atomic E-state index is -3.62. The second-order valence-electron chi connectivity index (χ2n) is 4.82. The molecule has 2 aromatic rings. The lowest BCUT2D eigenvalue weighted by Gasteiger charge is -2.17. The Morgan fingerprint density at radius 1 is 1.33 bits per heavy atom. The number of hydrogen-bond acceptors (Lipinski definition) is 4. The van der Waals surface area contributed by atoms with Crippen molar-refractivity contribution in [3.63, 3.8) is 0 Å². The number of benzene rings is 1. The molecular formula is C14H20N4O2S. The minimum Gasteiger partial charge on any atom is -0.310 e. The predicted octanol–water partition coefficient (Wildman–Crippen LogP) is 1.89. The summed E-state index contributed by atoms with van der Waals surface area (Å²) in [5.41, 5.74) is 1.49. The molecule has 0 fully saturated rings. The van der Waals surface area contributed by atoms with Crippen LogP contribution in [0.2, 0.25) is 0 Å². The van der Waals surface area contributed by atoms with E-state index >= 15 is 0 Å². The maximum atomic E-state index is 12.4. The second-order valence-corrected chi connectivity index (χ2v) is 6.50.